The van der Waals surface area contributed by atoms with Crippen molar-refractivity contribution in [1.82, 2.24) is 0 Å². The molecule has 0 spiro atoms. The van der Waals surface area contributed by atoms with Crippen LogP contribution in [-0.4, -0.2) is 11.8 Å². The van der Waals surface area contributed by atoms with Gasteiger partial charge in [-0.15, -0.1) is 11.8 Å². The molecule has 0 aromatic heterocycles. The molecular weight excluding hydrogens is 178 g/mol. The quantitative estimate of drug-likeness (QED) is 0.731. The first-order valence-corrected chi connectivity index (χ1v) is 5.66. The van der Waals surface area contributed by atoms with E-state index in [1.807, 2.05) is 17.8 Å². The SMILES string of the molecule is CCC(CCN)Sc1ccccc1. The zero-order valence-electron chi connectivity index (χ0n) is 8.07. The van der Waals surface area contributed by atoms with E-state index >= 15 is 0 Å². The number of benzene rings is 1. The van der Waals surface area contributed by atoms with E-state index in [1.54, 1.807) is 0 Å². The number of thioether (sulfide) groups is 1. The van der Waals surface area contributed by atoms with Gasteiger partial charge in [0.05, 0.1) is 0 Å². The molecule has 2 heteroatoms. The molecule has 0 amide bonds. The van der Waals surface area contributed by atoms with Gasteiger partial charge in [0.1, 0.15) is 0 Å². The third kappa shape index (κ3) is 3.83. The predicted octanol–water partition coefficient (Wildman–Crippen LogP) is 2.91. The summed E-state index contributed by atoms with van der Waals surface area (Å²) in [4.78, 5) is 1.35. The van der Waals surface area contributed by atoms with E-state index in [0.717, 1.165) is 13.0 Å². The first-order chi connectivity index (χ1) is 6.36. The van der Waals surface area contributed by atoms with E-state index in [0.29, 0.717) is 5.25 Å². The number of nitrogens with two attached hydrogens (primary N) is 1. The van der Waals surface area contributed by atoms with Gasteiger partial charge in [-0.05, 0) is 31.5 Å². The van der Waals surface area contributed by atoms with Crippen LogP contribution in [-0.2, 0) is 0 Å². The van der Waals surface area contributed by atoms with Gasteiger partial charge in [0.25, 0.3) is 0 Å². The highest BCUT2D eigenvalue weighted by atomic mass is 32.2. The Bertz CT molecular complexity index is 223. The Labute approximate surface area is 84.7 Å². The molecule has 2 N–H and O–H groups in total. The summed E-state index contributed by atoms with van der Waals surface area (Å²) in [6.45, 7) is 3.01. The molecule has 13 heavy (non-hydrogen) atoms. The predicted molar refractivity (Wildman–Crippen MR) is 60.0 cm³/mol. The highest BCUT2D eigenvalue weighted by Crippen LogP contribution is 2.26. The molecule has 1 aromatic rings. The molecule has 0 saturated carbocycles. The van der Waals surface area contributed by atoms with Crippen LogP contribution in [0, 0.1) is 0 Å². The van der Waals surface area contributed by atoms with Gasteiger partial charge >= 0.3 is 0 Å². The first kappa shape index (κ1) is 10.6. The highest BCUT2D eigenvalue weighted by molar-refractivity contribution is 8.00. The molecule has 1 rings (SSSR count). The summed E-state index contributed by atoms with van der Waals surface area (Å²) in [7, 11) is 0. The maximum atomic E-state index is 5.55. The van der Waals surface area contributed by atoms with Crippen LogP contribution in [0.1, 0.15) is 19.8 Å². The van der Waals surface area contributed by atoms with E-state index < -0.39 is 0 Å². The summed E-state index contributed by atoms with van der Waals surface area (Å²) in [5, 5.41) is 0.674. The van der Waals surface area contributed by atoms with Crippen molar-refractivity contribution in [2.24, 2.45) is 5.73 Å². The molecule has 1 atom stereocenters. The zero-order valence-corrected chi connectivity index (χ0v) is 8.89. The lowest BCUT2D eigenvalue weighted by atomic mass is 10.2. The minimum Gasteiger partial charge on any atom is -0.330 e. The number of rotatable bonds is 5. The molecule has 0 aliphatic heterocycles. The molecule has 0 aliphatic rings. The average molecular weight is 195 g/mol. The van der Waals surface area contributed by atoms with Gasteiger partial charge in [-0.2, -0.15) is 0 Å². The van der Waals surface area contributed by atoms with Gasteiger partial charge in [0.2, 0.25) is 0 Å². The second kappa shape index (κ2) is 6.06. The average Bonchev–Trinajstić information content (AvgIpc) is 2.19. The summed E-state index contributed by atoms with van der Waals surface area (Å²) in [5.74, 6) is 0. The second-order valence-electron chi connectivity index (χ2n) is 3.04. The largest absolute Gasteiger partial charge is 0.330 e. The van der Waals surface area contributed by atoms with Gasteiger partial charge in [-0.25, -0.2) is 0 Å². The molecule has 0 saturated heterocycles. The Morgan fingerprint density at radius 2 is 2.00 bits per heavy atom. The summed E-state index contributed by atoms with van der Waals surface area (Å²) < 4.78 is 0. The molecular formula is C11H17NS. The van der Waals surface area contributed by atoms with Gasteiger partial charge < -0.3 is 5.73 Å². The topological polar surface area (TPSA) is 26.0 Å². The number of hydrogen-bond acceptors (Lipinski definition) is 2. The van der Waals surface area contributed by atoms with Crippen molar-refractivity contribution in [3.63, 3.8) is 0 Å². The Balaban J connectivity index is 2.46. The van der Waals surface area contributed by atoms with Crippen LogP contribution in [0.5, 0.6) is 0 Å². The third-order valence-electron chi connectivity index (χ3n) is 1.99. The van der Waals surface area contributed by atoms with Crippen LogP contribution in [0.15, 0.2) is 35.2 Å². The van der Waals surface area contributed by atoms with E-state index in [4.69, 9.17) is 5.73 Å². The Morgan fingerprint density at radius 3 is 2.54 bits per heavy atom. The molecule has 1 unspecified atom stereocenters. The van der Waals surface area contributed by atoms with Gasteiger partial charge in [-0.3, -0.25) is 0 Å². The van der Waals surface area contributed by atoms with Crippen molar-refractivity contribution in [3.05, 3.63) is 30.3 Å². The lowest BCUT2D eigenvalue weighted by Crippen LogP contribution is -2.09. The maximum absolute atomic E-state index is 5.55. The standard InChI is InChI=1S/C11H17NS/c1-2-10(8-9-12)13-11-6-4-3-5-7-11/h3-7,10H,2,8-9,12H2,1H3. The fourth-order valence-electron chi connectivity index (χ4n) is 1.22. The third-order valence-corrected chi connectivity index (χ3v) is 3.44. The Kier molecular flexibility index (Phi) is 4.94. The molecule has 0 bridgehead atoms. The summed E-state index contributed by atoms with van der Waals surface area (Å²) >= 11 is 1.93. The van der Waals surface area contributed by atoms with Crippen molar-refractivity contribution in [2.45, 2.75) is 29.9 Å². The van der Waals surface area contributed by atoms with Crippen LogP contribution >= 0.6 is 11.8 Å². The Morgan fingerprint density at radius 1 is 1.31 bits per heavy atom. The van der Waals surface area contributed by atoms with Crippen molar-refractivity contribution in [2.75, 3.05) is 6.54 Å². The normalized spacial score (nSPS) is 12.8. The van der Waals surface area contributed by atoms with Crippen LogP contribution in [0.25, 0.3) is 0 Å². The summed E-state index contributed by atoms with van der Waals surface area (Å²) in [6.07, 6.45) is 2.30. The fraction of sp³-hybridized carbons (Fsp3) is 0.455. The smallest absolute Gasteiger partial charge is 0.0104 e. The van der Waals surface area contributed by atoms with Crippen LogP contribution in [0.4, 0.5) is 0 Å². The monoisotopic (exact) mass is 195 g/mol. The van der Waals surface area contributed by atoms with E-state index in [1.165, 1.54) is 11.3 Å². The molecule has 72 valence electrons. The molecule has 1 aromatic carbocycles. The van der Waals surface area contributed by atoms with Crippen molar-refractivity contribution >= 4 is 11.8 Å². The minimum atomic E-state index is 0.674. The Hall–Kier alpha value is -0.470. The van der Waals surface area contributed by atoms with E-state index in [-0.39, 0.29) is 0 Å². The van der Waals surface area contributed by atoms with Crippen molar-refractivity contribution < 1.29 is 0 Å². The fourth-order valence-corrected chi connectivity index (χ4v) is 2.34. The molecule has 0 fully saturated rings. The minimum absolute atomic E-state index is 0.674. The van der Waals surface area contributed by atoms with Gasteiger partial charge in [0.15, 0.2) is 0 Å². The summed E-state index contributed by atoms with van der Waals surface area (Å²) in [5.41, 5.74) is 5.55. The molecule has 0 aliphatic carbocycles. The van der Waals surface area contributed by atoms with Crippen LogP contribution in [0.2, 0.25) is 0 Å². The van der Waals surface area contributed by atoms with Crippen molar-refractivity contribution in [1.29, 1.82) is 0 Å². The lowest BCUT2D eigenvalue weighted by molar-refractivity contribution is 0.745. The van der Waals surface area contributed by atoms with E-state index in [2.05, 4.69) is 31.2 Å². The summed E-state index contributed by atoms with van der Waals surface area (Å²) in [6, 6.07) is 10.5. The van der Waals surface area contributed by atoms with Crippen molar-refractivity contribution in [3.8, 4) is 0 Å². The highest BCUT2D eigenvalue weighted by Gasteiger charge is 2.05. The number of hydrogen-bond donors (Lipinski definition) is 1. The first-order valence-electron chi connectivity index (χ1n) is 4.78. The maximum Gasteiger partial charge on any atom is 0.0104 e. The van der Waals surface area contributed by atoms with Gasteiger partial charge in [-0.1, -0.05) is 25.1 Å². The zero-order chi connectivity index (χ0) is 9.52. The van der Waals surface area contributed by atoms with Crippen LogP contribution < -0.4 is 5.73 Å². The lowest BCUT2D eigenvalue weighted by Gasteiger charge is -2.12. The molecule has 0 heterocycles. The second-order valence-corrected chi connectivity index (χ2v) is 4.41. The van der Waals surface area contributed by atoms with E-state index in [9.17, 15) is 0 Å². The molecule has 0 radical (unpaired) electrons. The van der Waals surface area contributed by atoms with Crippen LogP contribution in [0.3, 0.4) is 0 Å². The molecule has 1 nitrogen and oxygen atoms in total. The van der Waals surface area contributed by atoms with Gasteiger partial charge in [0, 0.05) is 10.1 Å².